The second-order valence-electron chi connectivity index (χ2n) is 5.92. The number of aryl methyl sites for hydroxylation is 1. The zero-order valence-corrected chi connectivity index (χ0v) is 16.7. The average molecular weight is 447 g/mol. The fraction of sp³-hybridized carbons (Fsp3) is 0.294. The predicted molar refractivity (Wildman–Crippen MR) is 100 cm³/mol. The van der Waals surface area contributed by atoms with E-state index in [4.69, 9.17) is 16.3 Å². The minimum atomic E-state index is -4.56. The van der Waals surface area contributed by atoms with Crippen molar-refractivity contribution in [3.8, 4) is 0 Å². The minimum Gasteiger partial charge on any atom is -0.462 e. The number of carbonyl (C=O) groups is 2. The summed E-state index contributed by atoms with van der Waals surface area (Å²) in [6, 6.07) is 0.781. The Morgan fingerprint density at radius 1 is 1.31 bits per heavy atom. The molecule has 0 saturated heterocycles. The van der Waals surface area contributed by atoms with Crippen LogP contribution in [-0.4, -0.2) is 32.9 Å². The molecule has 0 saturated carbocycles. The van der Waals surface area contributed by atoms with Crippen molar-refractivity contribution in [3.05, 3.63) is 45.3 Å². The molecule has 0 aromatic carbocycles. The Hall–Kier alpha value is -2.66. The topological polar surface area (TPSA) is 85.6 Å². The molecule has 0 aliphatic heterocycles. The van der Waals surface area contributed by atoms with E-state index in [2.05, 4.69) is 15.3 Å². The predicted octanol–water partition coefficient (Wildman–Crippen LogP) is 4.13. The van der Waals surface area contributed by atoms with Gasteiger partial charge in [0.25, 0.3) is 0 Å². The van der Waals surface area contributed by atoms with E-state index in [1.807, 2.05) is 0 Å². The molecule has 0 spiro atoms. The molecule has 0 unspecified atom stereocenters. The van der Waals surface area contributed by atoms with Crippen LogP contribution in [0.4, 0.5) is 18.3 Å². The first kappa shape index (κ1) is 21.1. The third-order valence-corrected chi connectivity index (χ3v) is 5.06. The molecule has 0 atom stereocenters. The molecule has 1 amide bonds. The molecule has 29 heavy (non-hydrogen) atoms. The second-order valence-corrected chi connectivity index (χ2v) is 7.32. The molecule has 0 bridgehead atoms. The summed E-state index contributed by atoms with van der Waals surface area (Å²) in [6.45, 7) is 3.50. The summed E-state index contributed by atoms with van der Waals surface area (Å²) >= 11 is 6.86. The van der Waals surface area contributed by atoms with E-state index in [-0.39, 0.29) is 39.4 Å². The standard InChI is InChI=1S/C17H14ClF3N4O3S/c1-3-28-15(27)13-8(2)22-16(29-13)24-12(26)5-10-7-25-6-9(17(19,20)21)4-11(18)14(25)23-10/h4,6-7H,3,5H2,1-2H3,(H,22,24,26). The maximum absolute atomic E-state index is 12.9. The largest absolute Gasteiger partial charge is 0.462 e. The van der Waals surface area contributed by atoms with E-state index in [9.17, 15) is 22.8 Å². The fourth-order valence-corrected chi connectivity index (χ4v) is 3.65. The number of aromatic nitrogens is 3. The molecule has 3 rings (SSSR count). The van der Waals surface area contributed by atoms with E-state index in [1.54, 1.807) is 13.8 Å². The lowest BCUT2D eigenvalue weighted by molar-refractivity contribution is -0.137. The van der Waals surface area contributed by atoms with Gasteiger partial charge in [0.1, 0.15) is 4.88 Å². The van der Waals surface area contributed by atoms with Gasteiger partial charge in [0.05, 0.1) is 35.0 Å². The lowest BCUT2D eigenvalue weighted by atomic mass is 10.3. The Morgan fingerprint density at radius 2 is 2.03 bits per heavy atom. The maximum Gasteiger partial charge on any atom is 0.417 e. The number of nitrogens with zero attached hydrogens (tertiary/aromatic N) is 3. The van der Waals surface area contributed by atoms with Gasteiger partial charge in [-0.25, -0.2) is 14.8 Å². The highest BCUT2D eigenvalue weighted by molar-refractivity contribution is 7.17. The van der Waals surface area contributed by atoms with Crippen LogP contribution in [0.1, 0.15) is 33.5 Å². The maximum atomic E-state index is 12.9. The summed E-state index contributed by atoms with van der Waals surface area (Å²) in [7, 11) is 0. The first-order valence-corrected chi connectivity index (χ1v) is 9.46. The van der Waals surface area contributed by atoms with Crippen LogP contribution < -0.4 is 5.32 Å². The van der Waals surface area contributed by atoms with E-state index in [0.29, 0.717) is 5.69 Å². The van der Waals surface area contributed by atoms with Crippen molar-refractivity contribution < 1.29 is 27.5 Å². The zero-order valence-electron chi connectivity index (χ0n) is 15.1. The molecule has 3 heterocycles. The van der Waals surface area contributed by atoms with Gasteiger partial charge in [0, 0.05) is 12.4 Å². The van der Waals surface area contributed by atoms with Gasteiger partial charge in [-0.1, -0.05) is 22.9 Å². The van der Waals surface area contributed by atoms with Gasteiger partial charge in [0.15, 0.2) is 10.8 Å². The van der Waals surface area contributed by atoms with Crippen LogP contribution in [0.2, 0.25) is 5.02 Å². The summed E-state index contributed by atoms with van der Waals surface area (Å²) in [5.41, 5.74) is -0.170. The van der Waals surface area contributed by atoms with Crippen LogP contribution in [0.25, 0.3) is 5.65 Å². The average Bonchev–Trinajstić information content (AvgIpc) is 3.17. The van der Waals surface area contributed by atoms with Crippen LogP contribution in [0.3, 0.4) is 0 Å². The summed E-state index contributed by atoms with van der Waals surface area (Å²) in [5.74, 6) is -1.02. The van der Waals surface area contributed by atoms with Crippen molar-refractivity contribution in [3.63, 3.8) is 0 Å². The molecule has 3 aromatic rings. The number of imidazole rings is 1. The molecule has 3 aromatic heterocycles. The van der Waals surface area contributed by atoms with Gasteiger partial charge in [-0.3, -0.25) is 4.79 Å². The van der Waals surface area contributed by atoms with Gasteiger partial charge in [-0.2, -0.15) is 13.2 Å². The molecule has 0 radical (unpaired) electrons. The number of ether oxygens (including phenoxy) is 1. The van der Waals surface area contributed by atoms with Crippen molar-refractivity contribution in [1.82, 2.24) is 14.4 Å². The Kier molecular flexibility index (Phi) is 5.80. The molecule has 7 nitrogen and oxygen atoms in total. The third kappa shape index (κ3) is 4.67. The number of rotatable bonds is 5. The number of anilines is 1. The molecule has 1 N–H and O–H groups in total. The number of thiazole rings is 1. The number of hydrogen-bond donors (Lipinski definition) is 1. The van der Waals surface area contributed by atoms with Crippen molar-refractivity contribution in [2.24, 2.45) is 0 Å². The summed E-state index contributed by atoms with van der Waals surface area (Å²) in [5, 5.41) is 2.57. The highest BCUT2D eigenvalue weighted by Gasteiger charge is 2.32. The zero-order chi connectivity index (χ0) is 21.3. The Labute approximate surface area is 171 Å². The SMILES string of the molecule is CCOC(=O)c1sc(NC(=O)Cc2cn3cc(C(F)(F)F)cc(Cl)c3n2)nc1C. The molecular formula is C17H14ClF3N4O3S. The van der Waals surface area contributed by atoms with E-state index < -0.39 is 23.6 Å². The lowest BCUT2D eigenvalue weighted by Crippen LogP contribution is -2.14. The minimum absolute atomic E-state index is 0.108. The summed E-state index contributed by atoms with van der Waals surface area (Å²) in [4.78, 5) is 32.6. The summed E-state index contributed by atoms with van der Waals surface area (Å²) in [6.07, 6.45) is -2.62. The highest BCUT2D eigenvalue weighted by atomic mass is 35.5. The number of fused-ring (bicyclic) bond motifs is 1. The Bertz CT molecular complexity index is 1090. The van der Waals surface area contributed by atoms with E-state index in [0.717, 1.165) is 28.0 Å². The van der Waals surface area contributed by atoms with Gasteiger partial charge in [-0.05, 0) is 19.9 Å². The number of esters is 1. The Balaban J connectivity index is 1.76. The monoisotopic (exact) mass is 446 g/mol. The van der Waals surface area contributed by atoms with Gasteiger partial charge in [0.2, 0.25) is 5.91 Å². The second kappa shape index (κ2) is 7.99. The van der Waals surface area contributed by atoms with Gasteiger partial charge in [-0.15, -0.1) is 0 Å². The number of halogens is 4. The van der Waals surface area contributed by atoms with E-state index >= 15 is 0 Å². The first-order chi connectivity index (χ1) is 13.6. The lowest BCUT2D eigenvalue weighted by Gasteiger charge is -2.07. The third-order valence-electron chi connectivity index (χ3n) is 3.73. The molecule has 0 aliphatic rings. The number of alkyl halides is 3. The molecule has 0 aliphatic carbocycles. The fourth-order valence-electron chi connectivity index (χ4n) is 2.51. The highest BCUT2D eigenvalue weighted by Crippen LogP contribution is 2.32. The number of amides is 1. The Morgan fingerprint density at radius 3 is 2.69 bits per heavy atom. The number of pyridine rings is 1. The molecule has 0 fully saturated rings. The van der Waals surface area contributed by atoms with Gasteiger partial charge >= 0.3 is 12.1 Å². The quantitative estimate of drug-likeness (QED) is 0.596. The van der Waals surface area contributed by atoms with Crippen LogP contribution in [0.5, 0.6) is 0 Å². The molecular weight excluding hydrogens is 433 g/mol. The van der Waals surface area contributed by atoms with E-state index in [1.165, 1.54) is 6.20 Å². The normalized spacial score (nSPS) is 11.7. The van der Waals surface area contributed by atoms with Crippen LogP contribution in [0.15, 0.2) is 18.5 Å². The number of nitrogens with one attached hydrogen (secondary N) is 1. The van der Waals surface area contributed by atoms with Gasteiger partial charge < -0.3 is 14.5 Å². The molecule has 12 heteroatoms. The molecule has 154 valence electrons. The van der Waals surface area contributed by atoms with Crippen molar-refractivity contribution in [2.45, 2.75) is 26.4 Å². The van der Waals surface area contributed by atoms with Crippen molar-refractivity contribution in [2.75, 3.05) is 11.9 Å². The van der Waals surface area contributed by atoms with Crippen LogP contribution in [0, 0.1) is 6.92 Å². The van der Waals surface area contributed by atoms with Crippen molar-refractivity contribution in [1.29, 1.82) is 0 Å². The smallest absolute Gasteiger partial charge is 0.417 e. The van der Waals surface area contributed by atoms with Crippen LogP contribution >= 0.6 is 22.9 Å². The van der Waals surface area contributed by atoms with Crippen molar-refractivity contribution >= 4 is 45.6 Å². The van der Waals surface area contributed by atoms with Crippen LogP contribution in [-0.2, 0) is 22.1 Å². The summed E-state index contributed by atoms with van der Waals surface area (Å²) < 4.78 is 44.7. The number of carbonyl (C=O) groups excluding carboxylic acids is 2. The first-order valence-electron chi connectivity index (χ1n) is 8.27. The number of hydrogen-bond acceptors (Lipinski definition) is 6.